The highest BCUT2D eigenvalue weighted by Crippen LogP contribution is 2.33. The molecular weight excluding hydrogens is 384 g/mol. The molecular formula is C23H17BrN2. The standard InChI is InChI=1S/C23H17BrN2/c24-20-13-11-17(12-14-20)15-21-22(18-7-3-1-4-8-18)23(26-16-25-21)19-9-5-2-6-10-19/h1-14,16H,15H2. The van der Waals surface area contributed by atoms with E-state index in [0.29, 0.717) is 0 Å². The van der Waals surface area contributed by atoms with Crippen LogP contribution >= 0.6 is 15.9 Å². The third-order valence-corrected chi connectivity index (χ3v) is 4.85. The highest BCUT2D eigenvalue weighted by Gasteiger charge is 2.15. The molecule has 1 heterocycles. The third-order valence-electron chi connectivity index (χ3n) is 4.32. The first kappa shape index (κ1) is 16.7. The summed E-state index contributed by atoms with van der Waals surface area (Å²) in [6, 6.07) is 29.1. The fraction of sp³-hybridized carbons (Fsp3) is 0.0435. The van der Waals surface area contributed by atoms with E-state index in [1.807, 2.05) is 24.3 Å². The Balaban J connectivity index is 1.87. The van der Waals surface area contributed by atoms with Crippen LogP contribution in [0.3, 0.4) is 0 Å². The minimum Gasteiger partial charge on any atom is -0.240 e. The van der Waals surface area contributed by atoms with Crippen LogP contribution in [-0.2, 0) is 6.42 Å². The fourth-order valence-corrected chi connectivity index (χ4v) is 3.34. The lowest BCUT2D eigenvalue weighted by Crippen LogP contribution is -2.01. The van der Waals surface area contributed by atoms with E-state index in [9.17, 15) is 0 Å². The minimum absolute atomic E-state index is 0.764. The molecule has 0 aliphatic heterocycles. The molecule has 1 aromatic heterocycles. The van der Waals surface area contributed by atoms with Gasteiger partial charge in [-0.05, 0) is 23.3 Å². The SMILES string of the molecule is Brc1ccc(Cc2ncnc(-c3ccccc3)c2-c2ccccc2)cc1. The van der Waals surface area contributed by atoms with Crippen molar-refractivity contribution in [3.05, 3.63) is 107 Å². The number of benzene rings is 3. The molecule has 26 heavy (non-hydrogen) atoms. The zero-order chi connectivity index (χ0) is 17.8. The second kappa shape index (κ2) is 7.63. The van der Waals surface area contributed by atoms with Crippen LogP contribution in [0.5, 0.6) is 0 Å². The van der Waals surface area contributed by atoms with Crippen LogP contribution in [0.25, 0.3) is 22.4 Å². The Kier molecular flexibility index (Phi) is 4.89. The molecule has 0 spiro atoms. The summed E-state index contributed by atoms with van der Waals surface area (Å²) < 4.78 is 1.08. The number of rotatable bonds is 4. The lowest BCUT2D eigenvalue weighted by Gasteiger charge is -2.14. The molecule has 0 fully saturated rings. The Labute approximate surface area is 161 Å². The van der Waals surface area contributed by atoms with Gasteiger partial charge in [-0.1, -0.05) is 88.7 Å². The Bertz CT molecular complexity index is 997. The average molecular weight is 401 g/mol. The van der Waals surface area contributed by atoms with E-state index in [4.69, 9.17) is 0 Å². The normalized spacial score (nSPS) is 10.7. The van der Waals surface area contributed by atoms with Crippen LogP contribution in [0.1, 0.15) is 11.3 Å². The van der Waals surface area contributed by atoms with Crippen LogP contribution in [0, 0.1) is 0 Å². The summed E-state index contributed by atoms with van der Waals surface area (Å²) in [5, 5.41) is 0. The molecule has 0 aliphatic carbocycles. The number of hydrogen-bond acceptors (Lipinski definition) is 2. The number of hydrogen-bond donors (Lipinski definition) is 0. The average Bonchev–Trinajstić information content (AvgIpc) is 2.71. The van der Waals surface area contributed by atoms with Gasteiger partial charge in [0.15, 0.2) is 0 Å². The Morgan fingerprint density at radius 2 is 1.27 bits per heavy atom. The van der Waals surface area contributed by atoms with Gasteiger partial charge in [0.2, 0.25) is 0 Å². The van der Waals surface area contributed by atoms with Crippen molar-refractivity contribution in [1.82, 2.24) is 9.97 Å². The van der Waals surface area contributed by atoms with Crippen molar-refractivity contribution < 1.29 is 0 Å². The van der Waals surface area contributed by atoms with Crippen molar-refractivity contribution in [2.75, 3.05) is 0 Å². The van der Waals surface area contributed by atoms with E-state index >= 15 is 0 Å². The zero-order valence-electron chi connectivity index (χ0n) is 14.1. The van der Waals surface area contributed by atoms with Gasteiger partial charge >= 0.3 is 0 Å². The molecule has 2 nitrogen and oxygen atoms in total. The van der Waals surface area contributed by atoms with Crippen molar-refractivity contribution in [3.8, 4) is 22.4 Å². The van der Waals surface area contributed by atoms with E-state index in [2.05, 4.69) is 86.6 Å². The quantitative estimate of drug-likeness (QED) is 0.409. The molecule has 4 rings (SSSR count). The molecule has 0 saturated carbocycles. The van der Waals surface area contributed by atoms with E-state index in [-0.39, 0.29) is 0 Å². The molecule has 3 heteroatoms. The van der Waals surface area contributed by atoms with Gasteiger partial charge in [0.1, 0.15) is 6.33 Å². The van der Waals surface area contributed by atoms with Crippen molar-refractivity contribution in [3.63, 3.8) is 0 Å². The molecule has 0 bridgehead atoms. The Hall–Kier alpha value is -2.78. The molecule has 0 saturated heterocycles. The highest BCUT2D eigenvalue weighted by atomic mass is 79.9. The molecule has 0 unspecified atom stereocenters. The summed E-state index contributed by atoms with van der Waals surface area (Å²) in [4.78, 5) is 9.26. The number of halogens is 1. The predicted octanol–water partition coefficient (Wildman–Crippen LogP) is 6.16. The Morgan fingerprint density at radius 1 is 0.654 bits per heavy atom. The highest BCUT2D eigenvalue weighted by molar-refractivity contribution is 9.10. The van der Waals surface area contributed by atoms with Gasteiger partial charge in [0, 0.05) is 22.0 Å². The summed E-state index contributed by atoms with van der Waals surface area (Å²) in [5.41, 5.74) is 6.57. The van der Waals surface area contributed by atoms with Gasteiger partial charge in [0.05, 0.1) is 11.4 Å². The fourth-order valence-electron chi connectivity index (χ4n) is 3.07. The molecule has 0 amide bonds. The topological polar surface area (TPSA) is 25.8 Å². The van der Waals surface area contributed by atoms with E-state index in [0.717, 1.165) is 39.0 Å². The maximum Gasteiger partial charge on any atom is 0.116 e. The van der Waals surface area contributed by atoms with Crippen molar-refractivity contribution >= 4 is 15.9 Å². The molecule has 126 valence electrons. The van der Waals surface area contributed by atoms with Crippen molar-refractivity contribution in [1.29, 1.82) is 0 Å². The van der Waals surface area contributed by atoms with Crippen molar-refractivity contribution in [2.24, 2.45) is 0 Å². The second-order valence-corrected chi connectivity index (χ2v) is 6.99. The molecule has 4 aromatic rings. The monoisotopic (exact) mass is 400 g/mol. The second-order valence-electron chi connectivity index (χ2n) is 6.08. The summed E-state index contributed by atoms with van der Waals surface area (Å²) in [5.74, 6) is 0. The molecule has 3 aromatic carbocycles. The zero-order valence-corrected chi connectivity index (χ0v) is 15.7. The first-order valence-corrected chi connectivity index (χ1v) is 9.30. The van der Waals surface area contributed by atoms with E-state index < -0.39 is 0 Å². The molecule has 0 N–H and O–H groups in total. The van der Waals surface area contributed by atoms with Crippen LogP contribution in [0.2, 0.25) is 0 Å². The third kappa shape index (κ3) is 3.58. The van der Waals surface area contributed by atoms with Gasteiger partial charge in [-0.2, -0.15) is 0 Å². The largest absolute Gasteiger partial charge is 0.240 e. The van der Waals surface area contributed by atoms with E-state index in [1.165, 1.54) is 5.56 Å². The maximum atomic E-state index is 4.64. The molecule has 0 aliphatic rings. The van der Waals surface area contributed by atoms with Gasteiger partial charge in [-0.3, -0.25) is 0 Å². The lowest BCUT2D eigenvalue weighted by atomic mass is 9.95. The lowest BCUT2D eigenvalue weighted by molar-refractivity contribution is 1.03. The van der Waals surface area contributed by atoms with Crippen LogP contribution in [-0.4, -0.2) is 9.97 Å². The first-order valence-electron chi connectivity index (χ1n) is 8.50. The van der Waals surface area contributed by atoms with Crippen LogP contribution in [0.15, 0.2) is 95.7 Å². The first-order chi connectivity index (χ1) is 12.8. The van der Waals surface area contributed by atoms with Crippen LogP contribution < -0.4 is 0 Å². The summed E-state index contributed by atoms with van der Waals surface area (Å²) in [7, 11) is 0. The van der Waals surface area contributed by atoms with Gasteiger partial charge in [-0.15, -0.1) is 0 Å². The maximum absolute atomic E-state index is 4.64. The number of aromatic nitrogens is 2. The summed E-state index contributed by atoms with van der Waals surface area (Å²) in [6.45, 7) is 0. The smallest absolute Gasteiger partial charge is 0.116 e. The number of nitrogens with zero attached hydrogens (tertiary/aromatic N) is 2. The Morgan fingerprint density at radius 3 is 1.92 bits per heavy atom. The van der Waals surface area contributed by atoms with Crippen molar-refractivity contribution in [2.45, 2.75) is 6.42 Å². The van der Waals surface area contributed by atoms with Gasteiger partial charge in [-0.25, -0.2) is 9.97 Å². The van der Waals surface area contributed by atoms with Crippen LogP contribution in [0.4, 0.5) is 0 Å². The predicted molar refractivity (Wildman–Crippen MR) is 110 cm³/mol. The van der Waals surface area contributed by atoms with E-state index in [1.54, 1.807) is 6.33 Å². The summed E-state index contributed by atoms with van der Waals surface area (Å²) in [6.07, 6.45) is 2.43. The van der Waals surface area contributed by atoms with Gasteiger partial charge in [0.25, 0.3) is 0 Å². The minimum atomic E-state index is 0.764. The molecule has 0 atom stereocenters. The van der Waals surface area contributed by atoms with Gasteiger partial charge < -0.3 is 0 Å². The summed E-state index contributed by atoms with van der Waals surface area (Å²) >= 11 is 3.50. The molecule has 0 radical (unpaired) electrons.